The van der Waals surface area contributed by atoms with Crippen molar-refractivity contribution in [1.82, 2.24) is 5.43 Å². The van der Waals surface area contributed by atoms with Gasteiger partial charge in [-0.25, -0.2) is 10.2 Å². The van der Waals surface area contributed by atoms with Gasteiger partial charge in [0.1, 0.15) is 0 Å². The maximum atomic E-state index is 10.9. The molecule has 2 N–H and O–H groups in total. The number of hydrogen-bond acceptors (Lipinski definition) is 6. The molecule has 1 rings (SSSR count). The largest absolute Gasteiger partial charge is 0.502 e. The lowest BCUT2D eigenvalue weighted by Crippen LogP contribution is -2.18. The van der Waals surface area contributed by atoms with E-state index in [1.807, 2.05) is 5.43 Å². The van der Waals surface area contributed by atoms with Gasteiger partial charge in [0.25, 0.3) is 0 Å². The van der Waals surface area contributed by atoms with E-state index in [2.05, 4.69) is 9.84 Å². The highest BCUT2D eigenvalue weighted by atomic mass is 35.5. The summed E-state index contributed by atoms with van der Waals surface area (Å²) in [6.07, 6.45) is 0.236. The van der Waals surface area contributed by atoms with Crippen molar-refractivity contribution in [2.24, 2.45) is 5.10 Å². The number of nitro groups is 1. The maximum Gasteiger partial charge on any atom is 0.427 e. The zero-order valence-corrected chi connectivity index (χ0v) is 10.5. The summed E-state index contributed by atoms with van der Waals surface area (Å²) >= 11 is 5.67. The van der Waals surface area contributed by atoms with Crippen LogP contribution >= 0.6 is 11.6 Å². The molecule has 1 aromatic rings. The van der Waals surface area contributed by atoms with Gasteiger partial charge in [-0.1, -0.05) is 11.6 Å². The van der Waals surface area contributed by atoms with Crippen LogP contribution in [0.1, 0.15) is 12.5 Å². The molecule has 9 heteroatoms. The van der Waals surface area contributed by atoms with Crippen LogP contribution in [0.4, 0.5) is 10.5 Å². The number of rotatable bonds is 4. The Labute approximate surface area is 112 Å². The van der Waals surface area contributed by atoms with Crippen LogP contribution in [0.5, 0.6) is 5.75 Å². The summed E-state index contributed by atoms with van der Waals surface area (Å²) in [6, 6.07) is 2.27. The van der Waals surface area contributed by atoms with Crippen molar-refractivity contribution in [2.45, 2.75) is 6.92 Å². The molecule has 19 heavy (non-hydrogen) atoms. The third-order valence-electron chi connectivity index (χ3n) is 1.92. The molecular weight excluding hydrogens is 278 g/mol. The van der Waals surface area contributed by atoms with E-state index < -0.39 is 22.5 Å². The summed E-state index contributed by atoms with van der Waals surface area (Å²) in [5.41, 5.74) is 1.46. The van der Waals surface area contributed by atoms with Gasteiger partial charge in [0, 0.05) is 16.7 Å². The first-order valence-electron chi connectivity index (χ1n) is 5.08. The number of hydrogen-bond donors (Lipinski definition) is 2. The number of hydrazone groups is 1. The molecule has 0 bridgehead atoms. The number of carbonyl (C=O) groups is 1. The fourth-order valence-corrected chi connectivity index (χ4v) is 1.38. The minimum Gasteiger partial charge on any atom is -0.502 e. The number of halogens is 1. The molecule has 1 aromatic carbocycles. The lowest BCUT2D eigenvalue weighted by atomic mass is 10.2. The van der Waals surface area contributed by atoms with Gasteiger partial charge in [-0.3, -0.25) is 10.1 Å². The molecule has 8 nitrogen and oxygen atoms in total. The predicted molar refractivity (Wildman–Crippen MR) is 67.5 cm³/mol. The number of phenolic OH excluding ortho intramolecular Hbond substituents is 1. The van der Waals surface area contributed by atoms with E-state index in [0.29, 0.717) is 0 Å². The number of nitrogens with zero attached hydrogens (tertiary/aromatic N) is 2. The highest BCUT2D eigenvalue weighted by Gasteiger charge is 2.17. The first-order chi connectivity index (χ1) is 8.95. The predicted octanol–water partition coefficient (Wildman–Crippen LogP) is 2.03. The normalized spacial score (nSPS) is 10.4. The van der Waals surface area contributed by atoms with Crippen molar-refractivity contribution in [1.29, 1.82) is 0 Å². The molecule has 0 unspecified atom stereocenters. The van der Waals surface area contributed by atoms with E-state index in [9.17, 15) is 20.0 Å². The third kappa shape index (κ3) is 4.11. The molecule has 1 amide bonds. The molecular formula is C10H10ClN3O5. The molecule has 0 atom stereocenters. The smallest absolute Gasteiger partial charge is 0.427 e. The van der Waals surface area contributed by atoms with Gasteiger partial charge in [0.05, 0.1) is 17.7 Å². The van der Waals surface area contributed by atoms with Crippen molar-refractivity contribution in [3.05, 3.63) is 32.8 Å². The van der Waals surface area contributed by atoms with Crippen molar-refractivity contribution in [2.75, 3.05) is 6.61 Å². The number of carbonyl (C=O) groups excluding carboxylic acids is 1. The van der Waals surface area contributed by atoms with E-state index in [1.54, 1.807) is 6.92 Å². The summed E-state index contributed by atoms with van der Waals surface area (Å²) in [5.74, 6) is -0.594. The van der Waals surface area contributed by atoms with E-state index in [1.165, 1.54) is 6.07 Å². The van der Waals surface area contributed by atoms with Crippen LogP contribution in [0, 0.1) is 10.1 Å². The Morgan fingerprint density at radius 3 is 2.95 bits per heavy atom. The number of phenols is 1. The average Bonchev–Trinajstić information content (AvgIpc) is 2.33. The summed E-state index contributed by atoms with van der Waals surface area (Å²) in [7, 11) is 0. The van der Waals surface area contributed by atoms with Gasteiger partial charge in [-0.15, -0.1) is 0 Å². The summed E-state index contributed by atoms with van der Waals surface area (Å²) in [4.78, 5) is 20.8. The number of amides is 1. The molecule has 0 radical (unpaired) electrons. The molecule has 0 spiro atoms. The van der Waals surface area contributed by atoms with Gasteiger partial charge in [-0.2, -0.15) is 5.10 Å². The minimum atomic E-state index is -0.783. The molecule has 0 fully saturated rings. The first-order valence-corrected chi connectivity index (χ1v) is 5.46. The average molecular weight is 288 g/mol. The second-order valence-electron chi connectivity index (χ2n) is 3.21. The van der Waals surface area contributed by atoms with Crippen LogP contribution in [0.25, 0.3) is 0 Å². The topological polar surface area (TPSA) is 114 Å². The Morgan fingerprint density at radius 2 is 2.37 bits per heavy atom. The van der Waals surface area contributed by atoms with Gasteiger partial charge >= 0.3 is 11.8 Å². The third-order valence-corrected chi connectivity index (χ3v) is 2.13. The van der Waals surface area contributed by atoms with Crippen molar-refractivity contribution >= 4 is 29.6 Å². The minimum absolute atomic E-state index is 0.00371. The molecule has 0 aromatic heterocycles. The van der Waals surface area contributed by atoms with Crippen LogP contribution in [0.3, 0.4) is 0 Å². The Morgan fingerprint density at radius 1 is 1.68 bits per heavy atom. The summed E-state index contributed by atoms with van der Waals surface area (Å²) in [6.45, 7) is 1.80. The Kier molecular flexibility index (Phi) is 5.07. The number of nitro benzene ring substituents is 1. The SMILES string of the molecule is CCOC(=O)N/N=C/c1cc(Cl)cc([N+](=O)[O-])c1O. The molecule has 0 heterocycles. The van der Waals surface area contributed by atoms with Crippen LogP contribution in [0.2, 0.25) is 5.02 Å². The molecule has 0 aliphatic carbocycles. The monoisotopic (exact) mass is 287 g/mol. The number of nitrogens with one attached hydrogen (secondary N) is 1. The molecule has 0 aliphatic heterocycles. The van der Waals surface area contributed by atoms with E-state index in [4.69, 9.17) is 11.6 Å². The van der Waals surface area contributed by atoms with E-state index >= 15 is 0 Å². The van der Waals surface area contributed by atoms with Crippen molar-refractivity contribution in [3.8, 4) is 5.75 Å². The number of ether oxygens (including phenoxy) is 1. The maximum absolute atomic E-state index is 10.9. The fourth-order valence-electron chi connectivity index (χ4n) is 1.16. The summed E-state index contributed by atoms with van der Waals surface area (Å²) in [5, 5.41) is 23.8. The number of aromatic hydroxyl groups is 1. The Bertz CT molecular complexity index is 532. The quantitative estimate of drug-likeness (QED) is 0.499. The van der Waals surface area contributed by atoms with Gasteiger partial charge in [0.15, 0.2) is 0 Å². The molecule has 102 valence electrons. The first kappa shape index (κ1) is 14.7. The molecule has 0 aliphatic rings. The van der Waals surface area contributed by atoms with Gasteiger partial charge < -0.3 is 9.84 Å². The van der Waals surface area contributed by atoms with E-state index in [0.717, 1.165) is 12.3 Å². The molecule has 0 saturated carbocycles. The highest BCUT2D eigenvalue weighted by molar-refractivity contribution is 6.31. The lowest BCUT2D eigenvalue weighted by Gasteiger charge is -2.02. The number of benzene rings is 1. The second-order valence-corrected chi connectivity index (χ2v) is 3.65. The van der Waals surface area contributed by atoms with Crippen molar-refractivity contribution < 1.29 is 19.6 Å². The zero-order chi connectivity index (χ0) is 14.4. The Hall–Kier alpha value is -2.35. The van der Waals surface area contributed by atoms with E-state index in [-0.39, 0.29) is 17.2 Å². The van der Waals surface area contributed by atoms with Crippen LogP contribution in [-0.2, 0) is 4.74 Å². The van der Waals surface area contributed by atoms with Crippen LogP contribution in [0.15, 0.2) is 17.2 Å². The Balaban J connectivity index is 2.92. The van der Waals surface area contributed by atoms with Gasteiger partial charge in [-0.05, 0) is 13.0 Å². The van der Waals surface area contributed by atoms with Crippen molar-refractivity contribution in [3.63, 3.8) is 0 Å². The molecule has 0 saturated heterocycles. The zero-order valence-electron chi connectivity index (χ0n) is 9.79. The highest BCUT2D eigenvalue weighted by Crippen LogP contribution is 2.32. The fraction of sp³-hybridized carbons (Fsp3) is 0.200. The van der Waals surface area contributed by atoms with Gasteiger partial charge in [0.2, 0.25) is 5.75 Å². The summed E-state index contributed by atoms with van der Waals surface area (Å²) < 4.78 is 4.54. The van der Waals surface area contributed by atoms with Crippen LogP contribution < -0.4 is 5.43 Å². The lowest BCUT2D eigenvalue weighted by molar-refractivity contribution is -0.385. The second kappa shape index (κ2) is 6.55. The van der Waals surface area contributed by atoms with Crippen LogP contribution in [-0.4, -0.2) is 28.9 Å². The standard InChI is InChI=1S/C10H10ClN3O5/c1-2-19-10(16)13-12-5-6-3-7(11)4-8(9(6)15)14(17)18/h3-5,15H,2H2,1H3,(H,13,16)/b12-5+.